The van der Waals surface area contributed by atoms with E-state index >= 15 is 0 Å². The van der Waals surface area contributed by atoms with Crippen LogP contribution in [0.3, 0.4) is 0 Å². The maximum Gasteiger partial charge on any atom is 0.206 e. The maximum absolute atomic E-state index is 12.3. The topological polar surface area (TPSA) is 30.2 Å². The standard InChI is InChI=1S/C13H14O2S/c1-7-5-6-16-13(7)12(14)11-8(2)9(3)15-10(11)4/h5-6H,1-4H3. The first-order valence-electron chi connectivity index (χ1n) is 5.17. The molecule has 0 spiro atoms. The molecule has 0 fully saturated rings. The van der Waals surface area contributed by atoms with E-state index in [9.17, 15) is 4.79 Å². The quantitative estimate of drug-likeness (QED) is 0.740. The van der Waals surface area contributed by atoms with Crippen LogP contribution in [0.1, 0.15) is 37.9 Å². The molecule has 0 amide bonds. The van der Waals surface area contributed by atoms with E-state index in [2.05, 4.69) is 0 Å². The van der Waals surface area contributed by atoms with Gasteiger partial charge in [-0.1, -0.05) is 0 Å². The van der Waals surface area contributed by atoms with Gasteiger partial charge in [-0.15, -0.1) is 11.3 Å². The molecule has 2 nitrogen and oxygen atoms in total. The molecule has 16 heavy (non-hydrogen) atoms. The highest BCUT2D eigenvalue weighted by atomic mass is 32.1. The van der Waals surface area contributed by atoms with Gasteiger partial charge in [-0.25, -0.2) is 0 Å². The van der Waals surface area contributed by atoms with Crippen molar-refractivity contribution in [2.45, 2.75) is 27.7 Å². The monoisotopic (exact) mass is 234 g/mol. The summed E-state index contributed by atoms with van der Waals surface area (Å²) >= 11 is 1.49. The molecule has 2 aromatic heterocycles. The molecule has 0 bridgehead atoms. The summed E-state index contributed by atoms with van der Waals surface area (Å²) in [7, 11) is 0. The van der Waals surface area contributed by atoms with Gasteiger partial charge in [0, 0.05) is 5.56 Å². The normalized spacial score (nSPS) is 10.8. The molecule has 0 saturated carbocycles. The second kappa shape index (κ2) is 3.91. The minimum Gasteiger partial charge on any atom is -0.466 e. The molecule has 2 rings (SSSR count). The summed E-state index contributed by atoms with van der Waals surface area (Å²) in [5.74, 6) is 1.63. The largest absolute Gasteiger partial charge is 0.466 e. The molecule has 0 aromatic carbocycles. The van der Waals surface area contributed by atoms with Crippen LogP contribution in [0.4, 0.5) is 0 Å². The number of hydrogen-bond donors (Lipinski definition) is 0. The van der Waals surface area contributed by atoms with Crippen LogP contribution < -0.4 is 0 Å². The molecule has 2 heterocycles. The van der Waals surface area contributed by atoms with Crippen molar-refractivity contribution in [3.8, 4) is 0 Å². The minimum atomic E-state index is 0.0827. The second-order valence-electron chi connectivity index (χ2n) is 3.98. The van der Waals surface area contributed by atoms with Crippen molar-refractivity contribution >= 4 is 17.1 Å². The van der Waals surface area contributed by atoms with E-state index in [4.69, 9.17) is 4.42 Å². The molecule has 84 valence electrons. The number of hydrogen-bond acceptors (Lipinski definition) is 3. The van der Waals surface area contributed by atoms with E-state index in [1.165, 1.54) is 11.3 Å². The van der Waals surface area contributed by atoms with Crippen LogP contribution in [0.25, 0.3) is 0 Å². The first-order valence-corrected chi connectivity index (χ1v) is 6.05. The maximum atomic E-state index is 12.3. The second-order valence-corrected chi connectivity index (χ2v) is 4.89. The van der Waals surface area contributed by atoms with Crippen molar-refractivity contribution in [1.29, 1.82) is 0 Å². The third kappa shape index (κ3) is 1.61. The van der Waals surface area contributed by atoms with Crippen LogP contribution in [0.15, 0.2) is 15.9 Å². The van der Waals surface area contributed by atoms with Gasteiger partial charge in [0.1, 0.15) is 11.5 Å². The summed E-state index contributed by atoms with van der Waals surface area (Å²) < 4.78 is 5.49. The summed E-state index contributed by atoms with van der Waals surface area (Å²) in [6.45, 7) is 7.62. The molecule has 0 N–H and O–H groups in total. The summed E-state index contributed by atoms with van der Waals surface area (Å²) in [6, 6.07) is 1.97. The van der Waals surface area contributed by atoms with E-state index in [1.54, 1.807) is 0 Å². The molecule has 2 aromatic rings. The Morgan fingerprint density at radius 3 is 2.31 bits per heavy atom. The Bertz CT molecular complexity index is 546. The number of carbonyl (C=O) groups excluding carboxylic acids is 1. The Hall–Kier alpha value is -1.35. The van der Waals surface area contributed by atoms with Gasteiger partial charge in [-0.3, -0.25) is 4.79 Å². The summed E-state index contributed by atoms with van der Waals surface area (Å²) in [4.78, 5) is 13.1. The van der Waals surface area contributed by atoms with Crippen molar-refractivity contribution in [1.82, 2.24) is 0 Å². The van der Waals surface area contributed by atoms with Crippen LogP contribution in [0, 0.1) is 27.7 Å². The van der Waals surface area contributed by atoms with E-state index in [0.717, 1.165) is 27.3 Å². The summed E-state index contributed by atoms with van der Waals surface area (Å²) in [6.07, 6.45) is 0. The lowest BCUT2D eigenvalue weighted by Gasteiger charge is -1.99. The molecular weight excluding hydrogens is 220 g/mol. The number of rotatable bonds is 2. The minimum absolute atomic E-state index is 0.0827. The molecule has 0 aliphatic heterocycles. The van der Waals surface area contributed by atoms with Crippen molar-refractivity contribution in [2.24, 2.45) is 0 Å². The smallest absolute Gasteiger partial charge is 0.206 e. The van der Waals surface area contributed by atoms with Gasteiger partial charge in [0.25, 0.3) is 0 Å². The van der Waals surface area contributed by atoms with E-state index in [-0.39, 0.29) is 5.78 Å². The Balaban J connectivity index is 2.54. The predicted octanol–water partition coefficient (Wildman–Crippen LogP) is 3.81. The van der Waals surface area contributed by atoms with Crippen molar-refractivity contribution < 1.29 is 9.21 Å². The Kier molecular flexibility index (Phi) is 2.72. The fourth-order valence-corrected chi connectivity index (χ4v) is 2.72. The summed E-state index contributed by atoms with van der Waals surface area (Å²) in [5, 5.41) is 1.94. The van der Waals surface area contributed by atoms with Crippen molar-refractivity contribution in [3.63, 3.8) is 0 Å². The van der Waals surface area contributed by atoms with Crippen molar-refractivity contribution in [3.05, 3.63) is 44.5 Å². The molecule has 0 saturated heterocycles. The van der Waals surface area contributed by atoms with Crippen LogP contribution in [-0.4, -0.2) is 5.78 Å². The number of furan rings is 1. The van der Waals surface area contributed by atoms with Crippen LogP contribution in [-0.2, 0) is 0 Å². The van der Waals surface area contributed by atoms with Crippen LogP contribution in [0.5, 0.6) is 0 Å². The number of ketones is 1. The zero-order valence-corrected chi connectivity index (χ0v) is 10.7. The fourth-order valence-electron chi connectivity index (χ4n) is 1.85. The lowest BCUT2D eigenvalue weighted by Crippen LogP contribution is -2.02. The van der Waals surface area contributed by atoms with Crippen LogP contribution >= 0.6 is 11.3 Å². The van der Waals surface area contributed by atoms with Gasteiger partial charge in [0.2, 0.25) is 5.78 Å². The van der Waals surface area contributed by atoms with Gasteiger partial charge in [0.15, 0.2) is 0 Å². The van der Waals surface area contributed by atoms with E-state index < -0.39 is 0 Å². The predicted molar refractivity (Wildman–Crippen MR) is 65.4 cm³/mol. The lowest BCUT2D eigenvalue weighted by atomic mass is 10.0. The SMILES string of the molecule is Cc1ccsc1C(=O)c1c(C)oc(C)c1C. The van der Waals surface area contributed by atoms with Gasteiger partial charge >= 0.3 is 0 Å². The van der Waals surface area contributed by atoms with Gasteiger partial charge < -0.3 is 4.42 Å². The average molecular weight is 234 g/mol. The fraction of sp³-hybridized carbons (Fsp3) is 0.308. The first-order chi connectivity index (χ1) is 7.52. The lowest BCUT2D eigenvalue weighted by molar-refractivity contribution is 0.104. The molecule has 0 aliphatic rings. The molecule has 3 heteroatoms. The highest BCUT2D eigenvalue weighted by Crippen LogP contribution is 2.27. The molecule has 0 atom stereocenters. The average Bonchev–Trinajstić information content (AvgIpc) is 2.73. The zero-order valence-electron chi connectivity index (χ0n) is 9.88. The van der Waals surface area contributed by atoms with Crippen molar-refractivity contribution in [2.75, 3.05) is 0 Å². The van der Waals surface area contributed by atoms with Crippen LogP contribution in [0.2, 0.25) is 0 Å². The summed E-state index contributed by atoms with van der Waals surface area (Å²) in [5.41, 5.74) is 2.71. The highest BCUT2D eigenvalue weighted by Gasteiger charge is 2.21. The Labute approximate surface area is 98.9 Å². The molecule has 0 unspecified atom stereocenters. The molecule has 0 aliphatic carbocycles. The van der Waals surface area contributed by atoms with E-state index in [1.807, 2.05) is 39.1 Å². The third-order valence-electron chi connectivity index (χ3n) is 2.86. The molecule has 0 radical (unpaired) electrons. The number of thiophene rings is 1. The van der Waals surface area contributed by atoms with E-state index in [0.29, 0.717) is 5.76 Å². The number of aryl methyl sites for hydroxylation is 3. The van der Waals surface area contributed by atoms with Gasteiger partial charge in [0.05, 0.1) is 10.4 Å². The third-order valence-corrected chi connectivity index (χ3v) is 3.87. The number of carbonyl (C=O) groups is 1. The Morgan fingerprint density at radius 1 is 1.19 bits per heavy atom. The molecular formula is C13H14O2S. The van der Waals surface area contributed by atoms with Gasteiger partial charge in [-0.2, -0.15) is 0 Å². The first kappa shape index (κ1) is 11.1. The van der Waals surface area contributed by atoms with Gasteiger partial charge in [-0.05, 0) is 44.7 Å². The zero-order chi connectivity index (χ0) is 11.9. The highest BCUT2D eigenvalue weighted by molar-refractivity contribution is 7.12. The Morgan fingerprint density at radius 2 is 1.88 bits per heavy atom.